The van der Waals surface area contributed by atoms with Crippen LogP contribution in [0, 0.1) is 6.92 Å². The van der Waals surface area contributed by atoms with E-state index in [1.165, 1.54) is 12.1 Å². The number of nitrogens with one attached hydrogen (secondary N) is 1. The van der Waals surface area contributed by atoms with Gasteiger partial charge in [-0.1, -0.05) is 29.8 Å². The maximum Gasteiger partial charge on any atom is 0.335 e. The Morgan fingerprint density at radius 1 is 1.17 bits per heavy atom. The average Bonchev–Trinajstić information content (AvgIpc) is 2.53. The van der Waals surface area contributed by atoms with Crippen LogP contribution >= 0.6 is 0 Å². The predicted octanol–water partition coefficient (Wildman–Crippen LogP) is 3.41. The van der Waals surface area contributed by atoms with E-state index in [0.717, 1.165) is 11.1 Å². The minimum Gasteiger partial charge on any atom is -0.478 e. The molecule has 0 saturated heterocycles. The fourth-order valence-electron chi connectivity index (χ4n) is 2.23. The molecule has 0 aliphatic rings. The lowest BCUT2D eigenvalue weighted by molar-refractivity contribution is -0.144. The van der Waals surface area contributed by atoms with E-state index in [0.29, 0.717) is 12.3 Å². The van der Waals surface area contributed by atoms with Crippen molar-refractivity contribution >= 4 is 17.6 Å². The third-order valence-electron chi connectivity index (χ3n) is 3.34. The maximum absolute atomic E-state index is 12.3. The van der Waals surface area contributed by atoms with Crippen LogP contribution in [0.4, 0.5) is 5.69 Å². The van der Waals surface area contributed by atoms with Crippen LogP contribution in [0.3, 0.4) is 0 Å². The summed E-state index contributed by atoms with van der Waals surface area (Å²) in [6.45, 7) is 4.00. The van der Waals surface area contributed by atoms with Gasteiger partial charge in [0.25, 0.3) is 0 Å². The van der Waals surface area contributed by atoms with E-state index in [-0.39, 0.29) is 11.5 Å². The molecule has 0 aromatic heterocycles. The summed E-state index contributed by atoms with van der Waals surface area (Å²) in [5, 5.41) is 12.0. The molecule has 2 aromatic carbocycles. The first-order valence-corrected chi connectivity index (χ1v) is 7.34. The Hall–Kier alpha value is -2.82. The first-order valence-electron chi connectivity index (χ1n) is 7.34. The van der Waals surface area contributed by atoms with Crippen LogP contribution in [0.2, 0.25) is 0 Å². The lowest BCUT2D eigenvalue weighted by atomic mass is 10.0. The van der Waals surface area contributed by atoms with Gasteiger partial charge in [-0.2, -0.15) is 0 Å². The molecule has 0 bridgehead atoms. The number of hydrogen-bond donors (Lipinski definition) is 2. The summed E-state index contributed by atoms with van der Waals surface area (Å²) in [5.74, 6) is -1.36. The Morgan fingerprint density at radius 3 is 2.43 bits per heavy atom. The van der Waals surface area contributed by atoms with E-state index >= 15 is 0 Å². The van der Waals surface area contributed by atoms with Gasteiger partial charge in [0, 0.05) is 5.69 Å². The number of aromatic carboxylic acids is 1. The Kier molecular flexibility index (Phi) is 5.36. The number of esters is 1. The van der Waals surface area contributed by atoms with Crippen LogP contribution < -0.4 is 5.32 Å². The van der Waals surface area contributed by atoms with Gasteiger partial charge in [0.05, 0.1) is 12.2 Å². The molecular weight excluding hydrogens is 294 g/mol. The van der Waals surface area contributed by atoms with Crippen molar-refractivity contribution in [3.8, 4) is 0 Å². The number of benzene rings is 2. The van der Waals surface area contributed by atoms with Crippen molar-refractivity contribution in [2.45, 2.75) is 19.9 Å². The molecule has 2 rings (SSSR count). The number of carboxylic acid groups (broad SMARTS) is 1. The summed E-state index contributed by atoms with van der Waals surface area (Å²) < 4.78 is 5.14. The predicted molar refractivity (Wildman–Crippen MR) is 87.6 cm³/mol. The van der Waals surface area contributed by atoms with Gasteiger partial charge in [-0.05, 0) is 43.7 Å². The van der Waals surface area contributed by atoms with Crippen molar-refractivity contribution in [3.63, 3.8) is 0 Å². The second-order valence-corrected chi connectivity index (χ2v) is 5.13. The Labute approximate surface area is 134 Å². The van der Waals surface area contributed by atoms with Crippen molar-refractivity contribution in [1.29, 1.82) is 0 Å². The van der Waals surface area contributed by atoms with Crippen molar-refractivity contribution in [2.24, 2.45) is 0 Å². The largest absolute Gasteiger partial charge is 0.478 e. The van der Waals surface area contributed by atoms with Gasteiger partial charge in [-0.15, -0.1) is 0 Å². The van der Waals surface area contributed by atoms with Crippen molar-refractivity contribution in [3.05, 3.63) is 65.2 Å². The van der Waals surface area contributed by atoms with Gasteiger partial charge >= 0.3 is 11.9 Å². The third kappa shape index (κ3) is 4.32. The van der Waals surface area contributed by atoms with E-state index in [2.05, 4.69) is 5.32 Å². The first-order chi connectivity index (χ1) is 11.0. The van der Waals surface area contributed by atoms with Crippen molar-refractivity contribution < 1.29 is 19.4 Å². The zero-order valence-corrected chi connectivity index (χ0v) is 13.1. The Bertz CT molecular complexity index is 694. The highest BCUT2D eigenvalue weighted by Gasteiger charge is 2.22. The molecule has 0 fully saturated rings. The third-order valence-corrected chi connectivity index (χ3v) is 3.34. The maximum atomic E-state index is 12.3. The number of carbonyl (C=O) groups excluding carboxylic acids is 1. The van der Waals surface area contributed by atoms with Crippen molar-refractivity contribution in [1.82, 2.24) is 0 Å². The molecule has 0 heterocycles. The standard InChI is InChI=1S/C18H19NO4/c1-3-23-18(22)16(14-6-4-5-12(2)11-14)19-15-9-7-13(8-10-15)17(20)21/h4-11,16,19H,3H2,1-2H3,(H,20,21). The zero-order valence-electron chi connectivity index (χ0n) is 13.1. The summed E-state index contributed by atoms with van der Waals surface area (Å²) in [6.07, 6.45) is 0. The molecule has 0 radical (unpaired) electrons. The smallest absolute Gasteiger partial charge is 0.335 e. The number of aryl methyl sites for hydroxylation is 1. The minimum absolute atomic E-state index is 0.193. The lowest BCUT2D eigenvalue weighted by Gasteiger charge is -2.19. The molecular formula is C18H19NO4. The average molecular weight is 313 g/mol. The van der Waals surface area contributed by atoms with Gasteiger partial charge in [0.15, 0.2) is 6.04 Å². The van der Waals surface area contributed by atoms with Crippen LogP contribution in [0.5, 0.6) is 0 Å². The molecule has 0 aliphatic carbocycles. The number of rotatable bonds is 6. The SMILES string of the molecule is CCOC(=O)C(Nc1ccc(C(=O)O)cc1)c1cccc(C)c1. The summed E-state index contributed by atoms with van der Waals surface area (Å²) in [7, 11) is 0. The second kappa shape index (κ2) is 7.45. The Balaban J connectivity index is 2.27. The highest BCUT2D eigenvalue weighted by molar-refractivity contribution is 5.88. The number of carbonyl (C=O) groups is 2. The van der Waals surface area contributed by atoms with E-state index in [1.807, 2.05) is 31.2 Å². The molecule has 1 atom stereocenters. The molecule has 23 heavy (non-hydrogen) atoms. The van der Waals surface area contributed by atoms with E-state index in [9.17, 15) is 9.59 Å². The molecule has 0 aliphatic heterocycles. The van der Waals surface area contributed by atoms with Crippen LogP contribution in [0.1, 0.15) is 34.5 Å². The fraction of sp³-hybridized carbons (Fsp3) is 0.222. The topological polar surface area (TPSA) is 75.6 Å². The molecule has 5 heteroatoms. The number of ether oxygens (including phenoxy) is 1. The van der Waals surface area contributed by atoms with Crippen molar-refractivity contribution in [2.75, 3.05) is 11.9 Å². The van der Waals surface area contributed by atoms with E-state index in [4.69, 9.17) is 9.84 Å². The van der Waals surface area contributed by atoms with Gasteiger partial charge in [0.2, 0.25) is 0 Å². The molecule has 2 aromatic rings. The minimum atomic E-state index is -0.989. The van der Waals surface area contributed by atoms with Crippen LogP contribution in [-0.4, -0.2) is 23.7 Å². The van der Waals surface area contributed by atoms with Crippen LogP contribution in [0.25, 0.3) is 0 Å². The Morgan fingerprint density at radius 2 is 1.87 bits per heavy atom. The van der Waals surface area contributed by atoms with Gasteiger partial charge < -0.3 is 15.2 Å². The highest BCUT2D eigenvalue weighted by Crippen LogP contribution is 2.22. The number of hydrogen-bond acceptors (Lipinski definition) is 4. The van der Waals surface area contributed by atoms with Crippen LogP contribution in [-0.2, 0) is 9.53 Å². The highest BCUT2D eigenvalue weighted by atomic mass is 16.5. The van der Waals surface area contributed by atoms with Gasteiger partial charge in [0.1, 0.15) is 0 Å². The molecule has 120 valence electrons. The zero-order chi connectivity index (χ0) is 16.8. The normalized spacial score (nSPS) is 11.6. The summed E-state index contributed by atoms with van der Waals surface area (Å²) >= 11 is 0. The summed E-state index contributed by atoms with van der Waals surface area (Å²) in [5.41, 5.74) is 2.68. The molecule has 2 N–H and O–H groups in total. The van der Waals surface area contributed by atoms with Gasteiger partial charge in [-0.25, -0.2) is 9.59 Å². The van der Waals surface area contributed by atoms with Crippen LogP contribution in [0.15, 0.2) is 48.5 Å². The summed E-state index contributed by atoms with van der Waals surface area (Å²) in [4.78, 5) is 23.1. The molecule has 5 nitrogen and oxygen atoms in total. The van der Waals surface area contributed by atoms with Gasteiger partial charge in [-0.3, -0.25) is 0 Å². The lowest BCUT2D eigenvalue weighted by Crippen LogP contribution is -2.23. The monoisotopic (exact) mass is 313 g/mol. The summed E-state index contributed by atoms with van der Waals surface area (Å²) in [6, 6.07) is 13.2. The van der Waals surface area contributed by atoms with E-state index < -0.39 is 12.0 Å². The second-order valence-electron chi connectivity index (χ2n) is 5.13. The number of carboxylic acids is 1. The first kappa shape index (κ1) is 16.5. The molecule has 1 unspecified atom stereocenters. The molecule has 0 saturated carbocycles. The fourth-order valence-corrected chi connectivity index (χ4v) is 2.23. The van der Waals surface area contributed by atoms with E-state index in [1.54, 1.807) is 19.1 Å². The number of anilines is 1. The molecule has 0 amide bonds. The molecule has 0 spiro atoms. The quantitative estimate of drug-likeness (QED) is 0.799.